The van der Waals surface area contributed by atoms with E-state index in [0.29, 0.717) is 6.61 Å². The lowest BCUT2D eigenvalue weighted by Crippen LogP contribution is -2.49. The summed E-state index contributed by atoms with van der Waals surface area (Å²) in [6.45, 7) is 3.33. The summed E-state index contributed by atoms with van der Waals surface area (Å²) in [5.74, 6) is 0.139. The molecular weight excluding hydrogens is 242 g/mol. The van der Waals surface area contributed by atoms with E-state index in [1.165, 1.54) is 5.69 Å². The molecule has 0 spiro atoms. The zero-order valence-corrected chi connectivity index (χ0v) is 11.4. The normalized spacial score (nSPS) is 30.7. The van der Waals surface area contributed by atoms with Gasteiger partial charge in [-0.05, 0) is 32.6 Å². The van der Waals surface area contributed by atoms with Crippen LogP contribution in [0.1, 0.15) is 37.6 Å². The Morgan fingerprint density at radius 3 is 3.32 bits per heavy atom. The smallest absolute Gasteiger partial charge is 0.228 e. The van der Waals surface area contributed by atoms with Crippen LogP contribution >= 0.6 is 0 Å². The molecule has 3 rings (SSSR count). The second-order valence-electron chi connectivity index (χ2n) is 5.96. The summed E-state index contributed by atoms with van der Waals surface area (Å²) in [6, 6.07) is 0.221. The van der Waals surface area contributed by atoms with Crippen molar-refractivity contribution < 1.29 is 9.53 Å². The Morgan fingerprint density at radius 2 is 2.53 bits per heavy atom. The van der Waals surface area contributed by atoms with E-state index in [9.17, 15) is 4.79 Å². The van der Waals surface area contributed by atoms with Crippen molar-refractivity contribution in [3.05, 3.63) is 17.7 Å². The summed E-state index contributed by atoms with van der Waals surface area (Å²) in [4.78, 5) is 19.9. The van der Waals surface area contributed by atoms with Gasteiger partial charge in [0.25, 0.3) is 0 Å². The van der Waals surface area contributed by atoms with Gasteiger partial charge in [-0.2, -0.15) is 0 Å². The molecule has 1 aromatic rings. The third-order valence-corrected chi connectivity index (χ3v) is 4.31. The van der Waals surface area contributed by atoms with Gasteiger partial charge in [0.2, 0.25) is 5.91 Å². The van der Waals surface area contributed by atoms with Gasteiger partial charge in [0, 0.05) is 24.8 Å². The van der Waals surface area contributed by atoms with Crippen molar-refractivity contribution in [2.24, 2.45) is 5.41 Å². The van der Waals surface area contributed by atoms with Gasteiger partial charge >= 0.3 is 0 Å². The average Bonchev–Trinajstić information content (AvgIpc) is 2.87. The molecule has 2 unspecified atom stereocenters. The second kappa shape index (κ2) is 4.96. The van der Waals surface area contributed by atoms with Crippen LogP contribution in [-0.4, -0.2) is 35.1 Å². The lowest BCUT2D eigenvalue weighted by Gasteiger charge is -2.34. The maximum Gasteiger partial charge on any atom is 0.228 e. The number of fused-ring (bicyclic) bond motifs is 1. The summed E-state index contributed by atoms with van der Waals surface area (Å²) in [7, 11) is 0. The van der Waals surface area contributed by atoms with E-state index in [0.717, 1.165) is 44.4 Å². The van der Waals surface area contributed by atoms with Gasteiger partial charge < -0.3 is 15.0 Å². The third kappa shape index (κ3) is 2.52. The van der Waals surface area contributed by atoms with Crippen molar-refractivity contribution in [3.8, 4) is 0 Å². The van der Waals surface area contributed by atoms with E-state index in [2.05, 4.69) is 15.3 Å². The van der Waals surface area contributed by atoms with Crippen molar-refractivity contribution in [2.75, 3.05) is 13.2 Å². The molecule has 104 valence electrons. The van der Waals surface area contributed by atoms with Gasteiger partial charge in [-0.3, -0.25) is 4.79 Å². The highest BCUT2D eigenvalue weighted by Gasteiger charge is 2.37. The molecule has 1 aliphatic heterocycles. The maximum atomic E-state index is 12.4. The van der Waals surface area contributed by atoms with Crippen molar-refractivity contribution in [1.82, 2.24) is 15.3 Å². The topological polar surface area (TPSA) is 67.0 Å². The number of amides is 1. The first kappa shape index (κ1) is 12.7. The van der Waals surface area contributed by atoms with Gasteiger partial charge in [0.05, 0.1) is 24.0 Å². The van der Waals surface area contributed by atoms with Gasteiger partial charge in [-0.15, -0.1) is 0 Å². The Kier molecular flexibility index (Phi) is 3.31. The Bertz CT molecular complexity index is 463. The molecule has 2 aliphatic rings. The first-order valence-corrected chi connectivity index (χ1v) is 7.07. The largest absolute Gasteiger partial charge is 0.380 e. The van der Waals surface area contributed by atoms with Crippen molar-refractivity contribution >= 4 is 5.91 Å². The number of aromatic nitrogens is 2. The minimum Gasteiger partial charge on any atom is -0.380 e. The maximum absolute atomic E-state index is 12.4. The first-order chi connectivity index (χ1) is 9.17. The molecule has 0 saturated carbocycles. The quantitative estimate of drug-likeness (QED) is 0.842. The number of aryl methyl sites for hydroxylation is 1. The number of carbonyl (C=O) groups excluding carboxylic acids is 1. The number of nitrogens with one attached hydrogen (secondary N) is 2. The number of aromatic amines is 1. The average molecular weight is 263 g/mol. The summed E-state index contributed by atoms with van der Waals surface area (Å²) >= 11 is 0. The molecule has 0 bridgehead atoms. The van der Waals surface area contributed by atoms with Crippen LogP contribution in [0, 0.1) is 5.41 Å². The predicted molar refractivity (Wildman–Crippen MR) is 70.7 cm³/mol. The van der Waals surface area contributed by atoms with Gasteiger partial charge in [-0.1, -0.05) is 0 Å². The molecule has 5 nitrogen and oxygen atoms in total. The SMILES string of the molecule is CC1(C(=O)NC2CCc3nc[nH]c3C2)CCCOC1. The molecule has 2 N–H and O–H groups in total. The highest BCUT2D eigenvalue weighted by atomic mass is 16.5. The number of rotatable bonds is 2. The van der Waals surface area contributed by atoms with Crippen LogP contribution in [0.15, 0.2) is 6.33 Å². The fraction of sp³-hybridized carbons (Fsp3) is 0.714. The summed E-state index contributed by atoms with van der Waals surface area (Å²) in [5.41, 5.74) is 1.96. The van der Waals surface area contributed by atoms with E-state index in [-0.39, 0.29) is 17.4 Å². The van der Waals surface area contributed by atoms with E-state index in [1.54, 1.807) is 6.33 Å². The Balaban J connectivity index is 1.61. The summed E-state index contributed by atoms with van der Waals surface area (Å²) in [5, 5.41) is 3.19. The lowest BCUT2D eigenvalue weighted by molar-refractivity contribution is -0.138. The summed E-state index contributed by atoms with van der Waals surface area (Å²) < 4.78 is 5.46. The molecular formula is C14H21N3O2. The number of nitrogens with zero attached hydrogens (tertiary/aromatic N) is 1. The Labute approximate surface area is 113 Å². The zero-order valence-electron chi connectivity index (χ0n) is 11.4. The number of carbonyl (C=O) groups is 1. The number of imidazole rings is 1. The predicted octanol–water partition coefficient (Wildman–Crippen LogP) is 1.20. The molecule has 2 heterocycles. The van der Waals surface area contributed by atoms with Gasteiger partial charge in [0.1, 0.15) is 0 Å². The zero-order chi connectivity index (χ0) is 13.3. The molecule has 19 heavy (non-hydrogen) atoms. The van der Waals surface area contributed by atoms with Crippen LogP contribution in [0.25, 0.3) is 0 Å². The molecule has 0 aromatic carbocycles. The number of hydrogen-bond donors (Lipinski definition) is 2. The van der Waals surface area contributed by atoms with E-state index in [1.807, 2.05) is 6.92 Å². The number of hydrogen-bond acceptors (Lipinski definition) is 3. The van der Waals surface area contributed by atoms with Crippen LogP contribution < -0.4 is 5.32 Å². The molecule has 2 atom stereocenters. The van der Waals surface area contributed by atoms with Gasteiger partial charge in [-0.25, -0.2) is 4.98 Å². The summed E-state index contributed by atoms with van der Waals surface area (Å²) in [6.07, 6.45) is 6.40. The van der Waals surface area contributed by atoms with Crippen LogP contribution in [0.2, 0.25) is 0 Å². The fourth-order valence-corrected chi connectivity index (χ4v) is 3.00. The minimum atomic E-state index is -0.355. The molecule has 1 fully saturated rings. The highest BCUT2D eigenvalue weighted by molar-refractivity contribution is 5.82. The number of H-pyrrole nitrogens is 1. The minimum absolute atomic E-state index is 0.139. The number of ether oxygens (including phenoxy) is 1. The van der Waals surface area contributed by atoms with E-state index in [4.69, 9.17) is 4.74 Å². The first-order valence-electron chi connectivity index (χ1n) is 7.07. The molecule has 1 aromatic heterocycles. The van der Waals surface area contributed by atoms with E-state index >= 15 is 0 Å². The van der Waals surface area contributed by atoms with E-state index < -0.39 is 0 Å². The van der Waals surface area contributed by atoms with Crippen LogP contribution in [0.3, 0.4) is 0 Å². The molecule has 1 aliphatic carbocycles. The molecule has 5 heteroatoms. The van der Waals surface area contributed by atoms with Gasteiger partial charge in [0.15, 0.2) is 0 Å². The van der Waals surface area contributed by atoms with Crippen LogP contribution in [0.5, 0.6) is 0 Å². The molecule has 0 radical (unpaired) electrons. The standard InChI is InChI=1S/C14H21N3O2/c1-14(5-2-6-19-8-14)13(18)17-10-3-4-11-12(7-10)16-9-15-11/h9-10H,2-8H2,1H3,(H,15,16)(H,17,18). The van der Waals surface area contributed by atoms with Crippen molar-refractivity contribution in [1.29, 1.82) is 0 Å². The monoisotopic (exact) mass is 263 g/mol. The van der Waals surface area contributed by atoms with Crippen LogP contribution in [-0.2, 0) is 22.4 Å². The molecule has 1 saturated heterocycles. The second-order valence-corrected chi connectivity index (χ2v) is 5.96. The third-order valence-electron chi connectivity index (χ3n) is 4.31. The highest BCUT2D eigenvalue weighted by Crippen LogP contribution is 2.29. The fourth-order valence-electron chi connectivity index (χ4n) is 3.00. The van der Waals surface area contributed by atoms with Crippen molar-refractivity contribution in [3.63, 3.8) is 0 Å². The molecule has 1 amide bonds. The van der Waals surface area contributed by atoms with Crippen LogP contribution in [0.4, 0.5) is 0 Å². The lowest BCUT2D eigenvalue weighted by atomic mass is 9.83. The van der Waals surface area contributed by atoms with Crippen molar-refractivity contribution in [2.45, 2.75) is 45.1 Å². The Hall–Kier alpha value is -1.36. The Morgan fingerprint density at radius 1 is 1.63 bits per heavy atom.